The molecule has 1 aromatic heterocycles. The number of amides is 1. The number of nitrogens with zero attached hydrogens (tertiary/aromatic N) is 1. The van der Waals surface area contributed by atoms with Crippen LogP contribution in [-0.2, 0) is 0 Å². The zero-order valence-electron chi connectivity index (χ0n) is 11.4. The molecule has 102 valence electrons. The lowest BCUT2D eigenvalue weighted by Crippen LogP contribution is -2.32. The van der Waals surface area contributed by atoms with Crippen LogP contribution in [0.2, 0.25) is 0 Å². The Balaban J connectivity index is 1.61. The molecule has 3 N–H and O–H groups in total. The first-order valence-electron chi connectivity index (χ1n) is 7.14. The third-order valence-electron chi connectivity index (χ3n) is 4.76. The maximum Gasteiger partial charge on any atom is 0.253 e. The maximum absolute atomic E-state index is 12.2. The van der Waals surface area contributed by atoms with Crippen LogP contribution in [0.25, 0.3) is 0 Å². The Morgan fingerprint density at radius 2 is 2.32 bits per heavy atom. The molecule has 2 aliphatic rings. The molecule has 2 fully saturated rings. The number of carbonyl (C=O) groups excluding carboxylic acids is 1. The van der Waals surface area contributed by atoms with E-state index in [9.17, 15) is 4.79 Å². The Hall–Kier alpha value is -1.58. The van der Waals surface area contributed by atoms with Crippen LogP contribution in [-0.4, -0.2) is 17.4 Å². The average molecular weight is 259 g/mol. The fraction of sp³-hybridized carbons (Fsp3) is 0.600. The van der Waals surface area contributed by atoms with Gasteiger partial charge in [-0.15, -0.1) is 0 Å². The number of hydrogen-bond donors (Lipinski definition) is 2. The molecule has 3 rings (SSSR count). The first kappa shape index (κ1) is 12.5. The van der Waals surface area contributed by atoms with Gasteiger partial charge in [-0.25, -0.2) is 0 Å². The van der Waals surface area contributed by atoms with E-state index in [1.807, 2.05) is 6.92 Å². The average Bonchev–Trinajstić information content (AvgIpc) is 3.01. The molecule has 3 unspecified atom stereocenters. The highest BCUT2D eigenvalue weighted by Gasteiger charge is 2.39. The molecule has 19 heavy (non-hydrogen) atoms. The van der Waals surface area contributed by atoms with Crippen LogP contribution < -0.4 is 11.1 Å². The van der Waals surface area contributed by atoms with Crippen LogP contribution >= 0.6 is 0 Å². The number of carbonyl (C=O) groups is 1. The second-order valence-corrected chi connectivity index (χ2v) is 6.05. The number of rotatable bonds is 3. The van der Waals surface area contributed by atoms with Crippen LogP contribution in [0, 0.1) is 24.7 Å². The predicted octanol–water partition coefficient (Wildman–Crippen LogP) is 2.14. The summed E-state index contributed by atoms with van der Waals surface area (Å²) in [5, 5.41) is 3.06. The zero-order chi connectivity index (χ0) is 13.4. The maximum atomic E-state index is 12.2. The third kappa shape index (κ3) is 2.44. The molecule has 1 aromatic rings. The summed E-state index contributed by atoms with van der Waals surface area (Å²) in [6.07, 6.45) is 7.00. The van der Waals surface area contributed by atoms with E-state index in [2.05, 4.69) is 10.3 Å². The zero-order valence-corrected chi connectivity index (χ0v) is 11.4. The smallest absolute Gasteiger partial charge is 0.253 e. The summed E-state index contributed by atoms with van der Waals surface area (Å²) in [5.74, 6) is 2.39. The third-order valence-corrected chi connectivity index (χ3v) is 4.76. The van der Waals surface area contributed by atoms with Crippen molar-refractivity contribution >= 4 is 11.6 Å². The van der Waals surface area contributed by atoms with Gasteiger partial charge >= 0.3 is 0 Å². The topological polar surface area (TPSA) is 68.0 Å². The van der Waals surface area contributed by atoms with Crippen LogP contribution in [0.1, 0.15) is 41.7 Å². The van der Waals surface area contributed by atoms with Gasteiger partial charge in [0.1, 0.15) is 0 Å². The van der Waals surface area contributed by atoms with Crippen molar-refractivity contribution in [3.63, 3.8) is 0 Å². The van der Waals surface area contributed by atoms with Crippen molar-refractivity contribution in [3.8, 4) is 0 Å². The van der Waals surface area contributed by atoms with E-state index in [-0.39, 0.29) is 5.91 Å². The van der Waals surface area contributed by atoms with E-state index in [0.717, 1.165) is 24.1 Å². The van der Waals surface area contributed by atoms with E-state index < -0.39 is 0 Å². The minimum Gasteiger partial charge on any atom is -0.397 e. The van der Waals surface area contributed by atoms with E-state index in [4.69, 9.17) is 5.73 Å². The van der Waals surface area contributed by atoms with Gasteiger partial charge in [-0.2, -0.15) is 0 Å². The number of fused-ring (bicyclic) bond motifs is 2. The molecule has 0 aliphatic heterocycles. The molecule has 2 bridgehead atoms. The fourth-order valence-electron chi connectivity index (χ4n) is 3.72. The summed E-state index contributed by atoms with van der Waals surface area (Å²) >= 11 is 0. The molecule has 0 spiro atoms. The van der Waals surface area contributed by atoms with Gasteiger partial charge in [0.05, 0.1) is 23.1 Å². The lowest BCUT2D eigenvalue weighted by Gasteiger charge is -2.22. The molecule has 0 radical (unpaired) electrons. The van der Waals surface area contributed by atoms with Crippen molar-refractivity contribution in [2.24, 2.45) is 17.8 Å². The van der Waals surface area contributed by atoms with Crippen molar-refractivity contribution in [2.75, 3.05) is 12.3 Å². The second-order valence-electron chi connectivity index (χ2n) is 6.05. The number of hydrogen-bond acceptors (Lipinski definition) is 3. The molecule has 2 aliphatic carbocycles. The molecule has 2 saturated carbocycles. The van der Waals surface area contributed by atoms with Gasteiger partial charge < -0.3 is 11.1 Å². The normalized spacial score (nSPS) is 28.6. The Morgan fingerprint density at radius 1 is 1.47 bits per heavy atom. The first-order valence-corrected chi connectivity index (χ1v) is 7.14. The summed E-state index contributed by atoms with van der Waals surface area (Å²) in [4.78, 5) is 16.3. The van der Waals surface area contributed by atoms with E-state index >= 15 is 0 Å². The van der Waals surface area contributed by atoms with Gasteiger partial charge in [0.25, 0.3) is 5.91 Å². The highest BCUT2D eigenvalue weighted by molar-refractivity contribution is 5.95. The fourth-order valence-corrected chi connectivity index (χ4v) is 3.72. The molecular weight excluding hydrogens is 238 g/mol. The van der Waals surface area contributed by atoms with Crippen LogP contribution in [0.4, 0.5) is 5.69 Å². The number of nitrogen functional groups attached to an aromatic ring is 1. The highest BCUT2D eigenvalue weighted by atomic mass is 16.1. The number of nitrogens with one attached hydrogen (secondary N) is 1. The van der Waals surface area contributed by atoms with Gasteiger partial charge in [0.2, 0.25) is 0 Å². The minimum atomic E-state index is -0.0416. The molecule has 1 heterocycles. The number of nitrogens with two attached hydrogens (primary N) is 1. The van der Waals surface area contributed by atoms with E-state index in [1.54, 1.807) is 12.3 Å². The van der Waals surface area contributed by atoms with Crippen LogP contribution in [0.3, 0.4) is 0 Å². The summed E-state index contributed by atoms with van der Waals surface area (Å²) in [5.41, 5.74) is 7.56. The van der Waals surface area contributed by atoms with Gasteiger partial charge in [0, 0.05) is 6.54 Å². The van der Waals surface area contributed by atoms with Crippen molar-refractivity contribution in [2.45, 2.75) is 32.6 Å². The summed E-state index contributed by atoms with van der Waals surface area (Å²) in [6.45, 7) is 2.64. The Labute approximate surface area is 113 Å². The van der Waals surface area contributed by atoms with Crippen LogP contribution in [0.15, 0.2) is 12.3 Å². The van der Waals surface area contributed by atoms with Gasteiger partial charge in [-0.3, -0.25) is 9.78 Å². The molecule has 4 nitrogen and oxygen atoms in total. The Kier molecular flexibility index (Phi) is 3.17. The van der Waals surface area contributed by atoms with Crippen molar-refractivity contribution < 1.29 is 4.79 Å². The standard InChI is InChI=1S/C15H21N3O/c1-9-14(6-13(16)8-17-9)15(19)18-7-12-5-10-2-3-11(12)4-10/h6,8,10-12H,2-5,7,16H2,1H3,(H,18,19). The summed E-state index contributed by atoms with van der Waals surface area (Å²) < 4.78 is 0. The molecule has 1 amide bonds. The van der Waals surface area contributed by atoms with Gasteiger partial charge in [-0.05, 0) is 50.0 Å². The molecular formula is C15H21N3O. The van der Waals surface area contributed by atoms with Crippen molar-refractivity contribution in [1.82, 2.24) is 10.3 Å². The van der Waals surface area contributed by atoms with Gasteiger partial charge in [0.15, 0.2) is 0 Å². The monoisotopic (exact) mass is 259 g/mol. The van der Waals surface area contributed by atoms with Crippen molar-refractivity contribution in [3.05, 3.63) is 23.5 Å². The number of aromatic nitrogens is 1. The SMILES string of the molecule is Cc1ncc(N)cc1C(=O)NCC1CC2CCC1C2. The molecule has 0 saturated heterocycles. The van der Waals surface area contributed by atoms with Crippen molar-refractivity contribution in [1.29, 1.82) is 0 Å². The quantitative estimate of drug-likeness (QED) is 0.874. The Morgan fingerprint density at radius 3 is 3.00 bits per heavy atom. The highest BCUT2D eigenvalue weighted by Crippen LogP contribution is 2.47. The number of anilines is 1. The van der Waals surface area contributed by atoms with E-state index in [1.165, 1.54) is 25.7 Å². The predicted molar refractivity (Wildman–Crippen MR) is 74.7 cm³/mol. The molecule has 3 atom stereocenters. The summed E-state index contributed by atoms with van der Waals surface area (Å²) in [7, 11) is 0. The molecule has 4 heteroatoms. The minimum absolute atomic E-state index is 0.0416. The van der Waals surface area contributed by atoms with Crippen LogP contribution in [0.5, 0.6) is 0 Å². The summed E-state index contributed by atoms with van der Waals surface area (Å²) in [6, 6.07) is 1.71. The Bertz CT molecular complexity index is 500. The number of aryl methyl sites for hydroxylation is 1. The number of pyridine rings is 1. The first-order chi connectivity index (χ1) is 9.13. The lowest BCUT2D eigenvalue weighted by molar-refractivity contribution is 0.0941. The lowest BCUT2D eigenvalue weighted by atomic mass is 9.89. The largest absolute Gasteiger partial charge is 0.397 e. The van der Waals surface area contributed by atoms with Gasteiger partial charge in [-0.1, -0.05) is 6.42 Å². The molecule has 0 aromatic carbocycles. The second kappa shape index (κ2) is 4.83. The van der Waals surface area contributed by atoms with E-state index in [0.29, 0.717) is 17.2 Å².